The molecule has 0 saturated heterocycles. The Morgan fingerprint density at radius 3 is 2.61 bits per heavy atom. The largest absolute Gasteiger partial charge is 0.486 e. The van der Waals surface area contributed by atoms with Crippen LogP contribution in [0.15, 0.2) is 67.5 Å². The molecule has 0 saturated carbocycles. The van der Waals surface area contributed by atoms with Crippen LogP contribution >= 0.6 is 0 Å². The van der Waals surface area contributed by atoms with Gasteiger partial charge in [0.2, 0.25) is 0 Å². The van der Waals surface area contributed by atoms with Crippen molar-refractivity contribution in [3.8, 4) is 17.1 Å². The number of fused-ring (bicyclic) bond motifs is 1. The van der Waals surface area contributed by atoms with E-state index in [-0.39, 0.29) is 0 Å². The maximum Gasteiger partial charge on any atom is 0.159 e. The standard InChI is InChI=1S/C24H25FN2O/c1-3-13-28-23-16-26-24(27-17-23)22-12-11-20-14-19(9-10-21(20)15-22)8-6-4-5-7-18(2)25/h3,6,8-12,14-18H,1,4-5,7,13H2,2H3. The highest BCUT2D eigenvalue weighted by Crippen LogP contribution is 2.24. The molecule has 3 nitrogen and oxygen atoms in total. The van der Waals surface area contributed by atoms with Crippen LogP contribution in [0, 0.1) is 0 Å². The van der Waals surface area contributed by atoms with E-state index in [1.54, 1.807) is 25.4 Å². The van der Waals surface area contributed by atoms with Crippen LogP contribution in [-0.2, 0) is 0 Å². The molecular weight excluding hydrogens is 351 g/mol. The maximum atomic E-state index is 12.8. The lowest BCUT2D eigenvalue weighted by molar-refractivity contribution is 0.335. The predicted molar refractivity (Wildman–Crippen MR) is 114 cm³/mol. The first-order chi connectivity index (χ1) is 13.7. The van der Waals surface area contributed by atoms with E-state index < -0.39 is 6.17 Å². The van der Waals surface area contributed by atoms with E-state index in [0.29, 0.717) is 24.6 Å². The molecule has 3 aromatic rings. The quantitative estimate of drug-likeness (QED) is 0.320. The minimum atomic E-state index is -0.719. The van der Waals surface area contributed by atoms with Gasteiger partial charge < -0.3 is 4.74 Å². The first-order valence-electron chi connectivity index (χ1n) is 9.56. The average molecular weight is 376 g/mol. The van der Waals surface area contributed by atoms with Crippen molar-refractivity contribution >= 4 is 16.8 Å². The summed E-state index contributed by atoms with van der Waals surface area (Å²) in [5.74, 6) is 1.29. The lowest BCUT2D eigenvalue weighted by Crippen LogP contribution is -1.95. The molecule has 0 N–H and O–H groups in total. The molecule has 1 aromatic heterocycles. The lowest BCUT2D eigenvalue weighted by atomic mass is 10.0. The molecular formula is C24H25FN2O. The Bertz CT molecular complexity index is 948. The number of nitrogens with zero attached hydrogens (tertiary/aromatic N) is 2. The van der Waals surface area contributed by atoms with Gasteiger partial charge in [-0.05, 0) is 54.7 Å². The van der Waals surface area contributed by atoms with Crippen LogP contribution in [0.5, 0.6) is 5.75 Å². The molecule has 0 radical (unpaired) electrons. The minimum absolute atomic E-state index is 0.435. The van der Waals surface area contributed by atoms with Gasteiger partial charge in [0.15, 0.2) is 11.6 Å². The number of aromatic nitrogens is 2. The van der Waals surface area contributed by atoms with Gasteiger partial charge in [0.25, 0.3) is 0 Å². The third-order valence-electron chi connectivity index (χ3n) is 4.40. The Kier molecular flexibility index (Phi) is 6.90. The summed E-state index contributed by atoms with van der Waals surface area (Å²) in [6, 6.07) is 12.5. The van der Waals surface area contributed by atoms with E-state index in [9.17, 15) is 4.39 Å². The van der Waals surface area contributed by atoms with Crippen molar-refractivity contribution in [2.75, 3.05) is 6.61 Å². The molecule has 0 spiro atoms. The van der Waals surface area contributed by atoms with Crippen molar-refractivity contribution in [3.63, 3.8) is 0 Å². The Hall–Kier alpha value is -3.01. The zero-order valence-electron chi connectivity index (χ0n) is 16.1. The number of unbranched alkanes of at least 4 members (excludes halogenated alkanes) is 1. The van der Waals surface area contributed by atoms with E-state index in [1.165, 1.54) is 0 Å². The number of alkyl halides is 1. The fourth-order valence-electron chi connectivity index (χ4n) is 2.94. The number of ether oxygens (including phenoxy) is 1. The molecule has 0 aliphatic carbocycles. The lowest BCUT2D eigenvalue weighted by Gasteiger charge is -2.06. The topological polar surface area (TPSA) is 35.0 Å². The van der Waals surface area contributed by atoms with Gasteiger partial charge in [-0.1, -0.05) is 49.1 Å². The maximum absolute atomic E-state index is 12.8. The van der Waals surface area contributed by atoms with Gasteiger partial charge in [0.1, 0.15) is 6.61 Å². The Morgan fingerprint density at radius 1 is 1.11 bits per heavy atom. The SMILES string of the molecule is C=CCOc1cnc(-c2ccc3cc(C=CCCCC(C)F)ccc3c2)nc1. The van der Waals surface area contributed by atoms with Crippen LogP contribution in [0.1, 0.15) is 31.7 Å². The molecule has 0 aliphatic heterocycles. The van der Waals surface area contributed by atoms with E-state index >= 15 is 0 Å². The van der Waals surface area contributed by atoms with E-state index in [1.807, 2.05) is 6.07 Å². The fourth-order valence-corrected chi connectivity index (χ4v) is 2.94. The molecule has 0 fully saturated rings. The fraction of sp³-hybridized carbons (Fsp3) is 0.250. The number of benzene rings is 2. The molecule has 1 unspecified atom stereocenters. The molecule has 0 aliphatic rings. The molecule has 2 aromatic carbocycles. The summed E-state index contributed by atoms with van der Waals surface area (Å²) in [5, 5.41) is 2.30. The van der Waals surface area contributed by atoms with Crippen LogP contribution in [0.4, 0.5) is 4.39 Å². The predicted octanol–water partition coefficient (Wildman–Crippen LogP) is 6.40. The van der Waals surface area contributed by atoms with Crippen molar-refractivity contribution in [3.05, 3.63) is 73.1 Å². The van der Waals surface area contributed by atoms with Gasteiger partial charge >= 0.3 is 0 Å². The molecule has 0 bridgehead atoms. The van der Waals surface area contributed by atoms with Gasteiger partial charge in [-0.15, -0.1) is 0 Å². The van der Waals surface area contributed by atoms with Crippen molar-refractivity contribution in [2.45, 2.75) is 32.4 Å². The van der Waals surface area contributed by atoms with Crippen molar-refractivity contribution in [1.29, 1.82) is 0 Å². The summed E-state index contributed by atoms with van der Waals surface area (Å²) in [6.45, 7) is 5.67. The molecule has 4 heteroatoms. The summed E-state index contributed by atoms with van der Waals surface area (Å²) in [4.78, 5) is 8.78. The average Bonchev–Trinajstić information content (AvgIpc) is 2.71. The van der Waals surface area contributed by atoms with Gasteiger partial charge in [0, 0.05) is 5.56 Å². The van der Waals surface area contributed by atoms with Gasteiger partial charge in [-0.2, -0.15) is 0 Å². The molecule has 28 heavy (non-hydrogen) atoms. The highest BCUT2D eigenvalue weighted by atomic mass is 19.1. The number of hydrogen-bond acceptors (Lipinski definition) is 3. The first kappa shape index (κ1) is 19.7. The number of allylic oxidation sites excluding steroid dienone is 1. The molecule has 1 atom stereocenters. The monoisotopic (exact) mass is 376 g/mol. The first-order valence-corrected chi connectivity index (χ1v) is 9.56. The van der Waals surface area contributed by atoms with Gasteiger partial charge in [-0.3, -0.25) is 0 Å². The Labute approximate surface area is 165 Å². The highest BCUT2D eigenvalue weighted by molar-refractivity contribution is 5.88. The Morgan fingerprint density at radius 2 is 1.86 bits per heavy atom. The summed E-state index contributed by atoms with van der Waals surface area (Å²) in [6.07, 6.45) is 10.9. The number of hydrogen-bond donors (Lipinski definition) is 0. The van der Waals surface area contributed by atoms with Crippen molar-refractivity contribution in [1.82, 2.24) is 9.97 Å². The second-order valence-electron chi connectivity index (χ2n) is 6.78. The number of halogens is 1. The van der Waals surface area contributed by atoms with E-state index in [4.69, 9.17) is 4.74 Å². The smallest absolute Gasteiger partial charge is 0.159 e. The minimum Gasteiger partial charge on any atom is -0.486 e. The summed E-state index contributed by atoms with van der Waals surface area (Å²) >= 11 is 0. The van der Waals surface area contributed by atoms with Crippen LogP contribution < -0.4 is 4.74 Å². The van der Waals surface area contributed by atoms with E-state index in [2.05, 4.69) is 59.0 Å². The zero-order valence-corrected chi connectivity index (χ0v) is 16.1. The third kappa shape index (κ3) is 5.49. The van der Waals surface area contributed by atoms with Crippen molar-refractivity contribution < 1.29 is 9.13 Å². The normalized spacial score (nSPS) is 12.4. The molecule has 144 valence electrons. The summed E-state index contributed by atoms with van der Waals surface area (Å²) < 4.78 is 18.2. The summed E-state index contributed by atoms with van der Waals surface area (Å²) in [5.41, 5.74) is 2.11. The van der Waals surface area contributed by atoms with Crippen LogP contribution in [-0.4, -0.2) is 22.7 Å². The third-order valence-corrected chi connectivity index (χ3v) is 4.40. The molecule has 1 heterocycles. The van der Waals surface area contributed by atoms with Gasteiger partial charge in [-0.25, -0.2) is 14.4 Å². The molecule has 3 rings (SSSR count). The second kappa shape index (κ2) is 9.79. The van der Waals surface area contributed by atoms with Gasteiger partial charge in [0.05, 0.1) is 18.6 Å². The second-order valence-corrected chi connectivity index (χ2v) is 6.78. The summed E-state index contributed by atoms with van der Waals surface area (Å²) in [7, 11) is 0. The molecule has 0 amide bonds. The van der Waals surface area contributed by atoms with E-state index in [0.717, 1.165) is 34.7 Å². The van der Waals surface area contributed by atoms with Crippen molar-refractivity contribution in [2.24, 2.45) is 0 Å². The highest BCUT2D eigenvalue weighted by Gasteiger charge is 2.04. The zero-order chi connectivity index (χ0) is 19.8. The number of rotatable bonds is 9. The van der Waals surface area contributed by atoms with Crippen LogP contribution in [0.25, 0.3) is 28.2 Å². The Balaban J connectivity index is 1.70. The van der Waals surface area contributed by atoms with Crippen LogP contribution in [0.2, 0.25) is 0 Å². The van der Waals surface area contributed by atoms with Crippen LogP contribution in [0.3, 0.4) is 0 Å².